The Morgan fingerprint density at radius 2 is 1.94 bits per heavy atom. The van der Waals surface area contributed by atoms with Gasteiger partial charge in [-0.25, -0.2) is 4.98 Å². The van der Waals surface area contributed by atoms with Gasteiger partial charge in [0.2, 0.25) is 5.91 Å². The molecule has 0 saturated heterocycles. The maximum Gasteiger partial charge on any atom is 0.267 e. The number of ether oxygens (including phenoxy) is 1. The van der Waals surface area contributed by atoms with Gasteiger partial charge in [-0.05, 0) is 83.6 Å². The van der Waals surface area contributed by atoms with Crippen molar-refractivity contribution >= 4 is 60.8 Å². The fourth-order valence-corrected chi connectivity index (χ4v) is 6.62. The van der Waals surface area contributed by atoms with Gasteiger partial charge in [0.1, 0.15) is 10.6 Å². The van der Waals surface area contributed by atoms with Crippen molar-refractivity contribution in [2.24, 2.45) is 0 Å². The van der Waals surface area contributed by atoms with Crippen LogP contribution in [0.15, 0.2) is 63.0 Å². The predicted molar refractivity (Wildman–Crippen MR) is 142 cm³/mol. The number of aryl methyl sites for hydroxylation is 2. The molecule has 0 saturated carbocycles. The number of nitrogens with one attached hydrogen (secondary N) is 1. The largest absolute Gasteiger partial charge is 0.497 e. The summed E-state index contributed by atoms with van der Waals surface area (Å²) in [6.07, 6.45) is 4.14. The first kappa shape index (κ1) is 23.1. The second kappa shape index (κ2) is 9.93. The van der Waals surface area contributed by atoms with Gasteiger partial charge in [-0.1, -0.05) is 23.9 Å². The van der Waals surface area contributed by atoms with Crippen LogP contribution in [0.2, 0.25) is 0 Å². The molecule has 2 aromatic heterocycles. The molecule has 34 heavy (non-hydrogen) atoms. The first-order valence-corrected chi connectivity index (χ1v) is 13.5. The molecule has 1 amide bonds. The molecule has 2 aromatic carbocycles. The molecule has 0 fully saturated rings. The summed E-state index contributed by atoms with van der Waals surface area (Å²) in [6, 6.07) is 14.8. The quantitative estimate of drug-likeness (QED) is 0.239. The lowest BCUT2D eigenvalue weighted by Crippen LogP contribution is -2.23. The summed E-state index contributed by atoms with van der Waals surface area (Å²) in [5, 5.41) is 4.13. The molecule has 1 N–H and O–H groups in total. The maximum absolute atomic E-state index is 13.8. The lowest BCUT2D eigenvalue weighted by Gasteiger charge is -2.14. The van der Waals surface area contributed by atoms with E-state index in [1.54, 1.807) is 23.0 Å². The van der Waals surface area contributed by atoms with Crippen LogP contribution in [0.25, 0.3) is 15.9 Å². The zero-order valence-corrected chi connectivity index (χ0v) is 21.7. The topological polar surface area (TPSA) is 73.2 Å². The number of para-hydroxylation sites is 1. The summed E-state index contributed by atoms with van der Waals surface area (Å²) in [5.41, 5.74) is 2.47. The number of nitrogens with zero attached hydrogens (tertiary/aromatic N) is 2. The van der Waals surface area contributed by atoms with Crippen molar-refractivity contribution in [3.8, 4) is 11.4 Å². The number of thioether (sulfide) groups is 1. The molecule has 1 aliphatic rings. The highest BCUT2D eigenvalue weighted by atomic mass is 79.9. The Kier molecular flexibility index (Phi) is 6.76. The standard InChI is InChI=1S/C25H22BrN3O3S2/c1-32-16-12-10-15(11-13-16)29-24(31)22-17-6-2-5-9-20(17)34-23(22)28-25(29)33-14-21(30)27-19-8-4-3-7-18(19)26/h3-4,7-8,10-13H,2,5-6,9,14H2,1H3,(H,27,30). The lowest BCUT2D eigenvalue weighted by atomic mass is 9.97. The highest BCUT2D eigenvalue weighted by Gasteiger charge is 2.23. The van der Waals surface area contributed by atoms with Crippen molar-refractivity contribution in [2.45, 2.75) is 30.8 Å². The molecule has 0 atom stereocenters. The normalized spacial score (nSPS) is 13.0. The Hall–Kier alpha value is -2.62. The van der Waals surface area contributed by atoms with Gasteiger partial charge in [-0.2, -0.15) is 0 Å². The Labute approximate surface area is 213 Å². The molecular weight excluding hydrogens is 534 g/mol. The van der Waals surface area contributed by atoms with E-state index in [1.807, 2.05) is 48.5 Å². The molecule has 9 heteroatoms. The molecule has 0 spiro atoms. The third kappa shape index (κ3) is 4.52. The average molecular weight is 557 g/mol. The van der Waals surface area contributed by atoms with Crippen molar-refractivity contribution in [3.63, 3.8) is 0 Å². The summed E-state index contributed by atoms with van der Waals surface area (Å²) in [5.74, 6) is 0.666. The van der Waals surface area contributed by atoms with Crippen molar-refractivity contribution < 1.29 is 9.53 Å². The van der Waals surface area contributed by atoms with E-state index in [-0.39, 0.29) is 17.2 Å². The van der Waals surface area contributed by atoms with Gasteiger partial charge in [0, 0.05) is 9.35 Å². The van der Waals surface area contributed by atoms with E-state index in [0.717, 1.165) is 45.9 Å². The van der Waals surface area contributed by atoms with Crippen LogP contribution in [0.3, 0.4) is 0 Å². The number of hydrogen-bond donors (Lipinski definition) is 1. The van der Waals surface area contributed by atoms with Gasteiger partial charge in [-0.3, -0.25) is 14.2 Å². The van der Waals surface area contributed by atoms with Crippen LogP contribution < -0.4 is 15.6 Å². The molecule has 1 aliphatic carbocycles. The maximum atomic E-state index is 13.8. The summed E-state index contributed by atoms with van der Waals surface area (Å²) >= 11 is 6.32. The van der Waals surface area contributed by atoms with E-state index >= 15 is 0 Å². The third-order valence-electron chi connectivity index (χ3n) is 5.77. The van der Waals surface area contributed by atoms with E-state index in [2.05, 4.69) is 21.2 Å². The number of carbonyl (C=O) groups excluding carboxylic acids is 1. The number of methoxy groups -OCH3 is 1. The Morgan fingerprint density at radius 1 is 1.18 bits per heavy atom. The van der Waals surface area contributed by atoms with Crippen molar-refractivity contribution in [3.05, 3.63) is 73.8 Å². The fourth-order valence-electron chi connectivity index (χ4n) is 4.12. The minimum absolute atomic E-state index is 0.0803. The summed E-state index contributed by atoms with van der Waals surface area (Å²) in [6.45, 7) is 0. The van der Waals surface area contributed by atoms with E-state index in [0.29, 0.717) is 22.3 Å². The van der Waals surface area contributed by atoms with Gasteiger partial charge in [-0.15, -0.1) is 11.3 Å². The average Bonchev–Trinajstić information content (AvgIpc) is 3.23. The lowest BCUT2D eigenvalue weighted by molar-refractivity contribution is -0.113. The number of benzene rings is 2. The number of carbonyl (C=O) groups is 1. The number of rotatable bonds is 6. The first-order chi connectivity index (χ1) is 16.5. The molecule has 0 aliphatic heterocycles. The number of hydrogen-bond acceptors (Lipinski definition) is 6. The van der Waals surface area contributed by atoms with Crippen LogP contribution in [-0.2, 0) is 17.6 Å². The van der Waals surface area contributed by atoms with Gasteiger partial charge in [0.15, 0.2) is 5.16 Å². The van der Waals surface area contributed by atoms with Crippen LogP contribution in [-0.4, -0.2) is 28.3 Å². The monoisotopic (exact) mass is 555 g/mol. The summed E-state index contributed by atoms with van der Waals surface area (Å²) < 4.78 is 7.72. The minimum Gasteiger partial charge on any atom is -0.497 e. The van der Waals surface area contributed by atoms with E-state index < -0.39 is 0 Å². The highest BCUT2D eigenvalue weighted by Crippen LogP contribution is 2.35. The van der Waals surface area contributed by atoms with Crippen LogP contribution in [0.1, 0.15) is 23.3 Å². The van der Waals surface area contributed by atoms with Crippen LogP contribution in [0.5, 0.6) is 5.75 Å². The van der Waals surface area contributed by atoms with Gasteiger partial charge < -0.3 is 10.1 Å². The Bertz CT molecular complexity index is 1430. The zero-order chi connectivity index (χ0) is 23.7. The molecule has 4 aromatic rings. The van der Waals surface area contributed by atoms with Crippen molar-refractivity contribution in [1.82, 2.24) is 9.55 Å². The molecular formula is C25H22BrN3O3S2. The van der Waals surface area contributed by atoms with Gasteiger partial charge in [0.25, 0.3) is 5.56 Å². The zero-order valence-electron chi connectivity index (χ0n) is 18.5. The molecule has 0 bridgehead atoms. The molecule has 174 valence electrons. The SMILES string of the molecule is COc1ccc(-n2c(SCC(=O)Nc3ccccc3Br)nc3sc4c(c3c2=O)CCCC4)cc1. The van der Waals surface area contributed by atoms with Crippen LogP contribution in [0, 0.1) is 0 Å². The van der Waals surface area contributed by atoms with Crippen LogP contribution >= 0.6 is 39.0 Å². The van der Waals surface area contributed by atoms with Crippen LogP contribution in [0.4, 0.5) is 5.69 Å². The van der Waals surface area contributed by atoms with Crippen molar-refractivity contribution in [1.29, 1.82) is 0 Å². The molecule has 6 nitrogen and oxygen atoms in total. The second-order valence-corrected chi connectivity index (χ2v) is 10.8. The number of aromatic nitrogens is 2. The summed E-state index contributed by atoms with van der Waals surface area (Å²) in [4.78, 5) is 33.4. The minimum atomic E-state index is -0.169. The van der Waals surface area contributed by atoms with E-state index in [9.17, 15) is 9.59 Å². The predicted octanol–water partition coefficient (Wildman–Crippen LogP) is 5.83. The smallest absolute Gasteiger partial charge is 0.267 e. The number of amides is 1. The third-order valence-corrected chi connectivity index (χ3v) is 8.58. The van der Waals surface area contributed by atoms with Crippen molar-refractivity contribution in [2.75, 3.05) is 18.2 Å². The number of thiophene rings is 1. The first-order valence-electron chi connectivity index (χ1n) is 10.9. The number of halogens is 1. The van der Waals surface area contributed by atoms with E-state index in [4.69, 9.17) is 9.72 Å². The van der Waals surface area contributed by atoms with Gasteiger partial charge >= 0.3 is 0 Å². The molecule has 5 rings (SSSR count). The summed E-state index contributed by atoms with van der Waals surface area (Å²) in [7, 11) is 1.61. The second-order valence-electron chi connectivity index (χ2n) is 7.94. The number of anilines is 1. The molecule has 0 radical (unpaired) electrons. The Morgan fingerprint density at radius 3 is 2.71 bits per heavy atom. The highest BCUT2D eigenvalue weighted by molar-refractivity contribution is 9.10. The molecule has 0 unspecified atom stereocenters. The number of fused-ring (bicyclic) bond motifs is 3. The molecule has 2 heterocycles. The van der Waals surface area contributed by atoms with E-state index in [1.165, 1.54) is 16.6 Å². The Balaban J connectivity index is 1.53. The van der Waals surface area contributed by atoms with Gasteiger partial charge in [0.05, 0.1) is 29.6 Å². The fraction of sp³-hybridized carbons (Fsp3) is 0.240.